The molecule has 0 spiro atoms. The van der Waals surface area contributed by atoms with Crippen LogP contribution in [0.25, 0.3) is 0 Å². The van der Waals surface area contributed by atoms with Gasteiger partial charge >= 0.3 is 6.03 Å². The third-order valence-electron chi connectivity index (χ3n) is 5.39. The highest BCUT2D eigenvalue weighted by molar-refractivity contribution is 6.37. The van der Waals surface area contributed by atoms with E-state index in [1.54, 1.807) is 13.0 Å². The fraction of sp³-hybridized carbons (Fsp3) is 0.231. The molecular weight excluding hydrogens is 604 g/mol. The first-order valence-corrected chi connectivity index (χ1v) is 12.9. The molecule has 0 unspecified atom stereocenters. The quantitative estimate of drug-likeness (QED) is 0.219. The molecular formula is C26H23Cl4F4N3O2. The van der Waals surface area contributed by atoms with Gasteiger partial charge in [0.05, 0.1) is 21.4 Å². The van der Waals surface area contributed by atoms with Crippen molar-refractivity contribution in [3.05, 3.63) is 90.4 Å². The topological polar surface area (TPSA) is 61.4 Å². The number of rotatable bonds is 5. The zero-order valence-electron chi connectivity index (χ0n) is 21.1. The van der Waals surface area contributed by atoms with Gasteiger partial charge < -0.3 is 5.32 Å². The minimum absolute atomic E-state index is 0.0640. The molecule has 3 amide bonds. The van der Waals surface area contributed by atoms with E-state index in [1.165, 1.54) is 19.9 Å². The molecule has 0 bridgehead atoms. The number of nitrogens with zero attached hydrogens (tertiary/aromatic N) is 1. The van der Waals surface area contributed by atoms with Gasteiger partial charge in [-0.05, 0) is 63.1 Å². The van der Waals surface area contributed by atoms with Crippen LogP contribution in [0.15, 0.2) is 30.3 Å². The standard InChI is InChI=1S/C17H13Cl2F3N2O2.C9H10Cl2FN/c1-3-24(12-7-9(18)8(2)14(19)15(12)22)17(26)23-16(25)13-10(20)5-4-6-11(13)21;1-3-13-7-4-6(10)5(2)8(11)9(7)12/h4-7H,3H2,1-2H3,(H,23,25,26);4,13H,3H2,1-2H3. The monoisotopic (exact) mass is 625 g/mol. The molecule has 0 aromatic heterocycles. The average molecular weight is 627 g/mol. The Balaban J connectivity index is 0.000000344. The second kappa shape index (κ2) is 14.1. The zero-order valence-corrected chi connectivity index (χ0v) is 24.1. The molecule has 3 rings (SSSR count). The molecule has 3 aromatic rings. The van der Waals surface area contributed by atoms with Gasteiger partial charge in [0.15, 0.2) is 11.6 Å². The highest BCUT2D eigenvalue weighted by Gasteiger charge is 2.26. The molecule has 0 aliphatic heterocycles. The second-order valence-electron chi connectivity index (χ2n) is 7.92. The van der Waals surface area contributed by atoms with Gasteiger partial charge in [-0.1, -0.05) is 52.5 Å². The first-order chi connectivity index (χ1) is 18.3. The average Bonchev–Trinajstić information content (AvgIpc) is 2.88. The summed E-state index contributed by atoms with van der Waals surface area (Å²) in [6.45, 7) is 7.13. The maximum atomic E-state index is 14.4. The molecule has 0 aliphatic carbocycles. The Labute approximate surface area is 243 Å². The summed E-state index contributed by atoms with van der Waals surface area (Å²) >= 11 is 23.4. The Morgan fingerprint density at radius 2 is 1.36 bits per heavy atom. The summed E-state index contributed by atoms with van der Waals surface area (Å²) in [5.74, 6) is -4.91. The van der Waals surface area contributed by atoms with Crippen LogP contribution in [-0.4, -0.2) is 25.0 Å². The van der Waals surface area contributed by atoms with Crippen molar-refractivity contribution in [1.29, 1.82) is 0 Å². The van der Waals surface area contributed by atoms with Gasteiger partial charge in [0.1, 0.15) is 17.2 Å². The van der Waals surface area contributed by atoms with Gasteiger partial charge in [-0.25, -0.2) is 22.4 Å². The summed E-state index contributed by atoms with van der Waals surface area (Å²) in [5, 5.41) is 5.07. The third kappa shape index (κ3) is 7.48. The van der Waals surface area contributed by atoms with E-state index >= 15 is 0 Å². The minimum atomic E-state index is -1.30. The summed E-state index contributed by atoms with van der Waals surface area (Å²) in [6, 6.07) is 4.46. The van der Waals surface area contributed by atoms with Crippen LogP contribution < -0.4 is 15.5 Å². The Bertz CT molecular complexity index is 1390. The molecule has 39 heavy (non-hydrogen) atoms. The van der Waals surface area contributed by atoms with Crippen LogP contribution in [-0.2, 0) is 0 Å². The fourth-order valence-electron chi connectivity index (χ4n) is 3.24. The van der Waals surface area contributed by atoms with Crippen molar-refractivity contribution in [2.75, 3.05) is 23.3 Å². The third-order valence-corrected chi connectivity index (χ3v) is 7.07. The number of carbonyl (C=O) groups is 2. The molecule has 0 saturated carbocycles. The molecule has 2 N–H and O–H groups in total. The first-order valence-electron chi connectivity index (χ1n) is 11.4. The van der Waals surface area contributed by atoms with Crippen molar-refractivity contribution in [2.24, 2.45) is 0 Å². The Morgan fingerprint density at radius 1 is 0.846 bits per heavy atom. The summed E-state index contributed by atoms with van der Waals surface area (Å²) < 4.78 is 55.1. The summed E-state index contributed by atoms with van der Waals surface area (Å²) in [5.41, 5.74) is 0.0193. The van der Waals surface area contributed by atoms with Gasteiger partial charge in [-0.15, -0.1) is 0 Å². The lowest BCUT2D eigenvalue weighted by Gasteiger charge is -2.23. The maximum absolute atomic E-state index is 14.4. The minimum Gasteiger partial charge on any atom is -0.383 e. The van der Waals surface area contributed by atoms with Gasteiger partial charge in [-0.2, -0.15) is 0 Å². The summed E-state index contributed by atoms with van der Waals surface area (Å²) in [4.78, 5) is 25.2. The molecule has 0 aliphatic rings. The highest BCUT2D eigenvalue weighted by Crippen LogP contribution is 2.34. The Hall–Kier alpha value is -2.72. The first kappa shape index (κ1) is 32.5. The van der Waals surface area contributed by atoms with E-state index in [4.69, 9.17) is 46.4 Å². The summed E-state index contributed by atoms with van der Waals surface area (Å²) in [6.07, 6.45) is 0. The number of imide groups is 1. The van der Waals surface area contributed by atoms with E-state index < -0.39 is 40.8 Å². The van der Waals surface area contributed by atoms with Gasteiger partial charge in [-0.3, -0.25) is 15.0 Å². The van der Waals surface area contributed by atoms with Crippen LogP contribution >= 0.6 is 46.4 Å². The number of halogens is 8. The van der Waals surface area contributed by atoms with Crippen molar-refractivity contribution in [2.45, 2.75) is 27.7 Å². The predicted octanol–water partition coefficient (Wildman–Crippen LogP) is 8.97. The number of amides is 3. The summed E-state index contributed by atoms with van der Waals surface area (Å²) in [7, 11) is 0. The van der Waals surface area contributed by atoms with Crippen molar-refractivity contribution < 1.29 is 27.2 Å². The van der Waals surface area contributed by atoms with Gasteiger partial charge in [0.2, 0.25) is 0 Å². The lowest BCUT2D eigenvalue weighted by molar-refractivity contribution is 0.0957. The van der Waals surface area contributed by atoms with Crippen LogP contribution in [0, 0.1) is 37.1 Å². The smallest absolute Gasteiger partial charge is 0.328 e. The maximum Gasteiger partial charge on any atom is 0.328 e. The number of hydrogen-bond donors (Lipinski definition) is 2. The number of urea groups is 1. The van der Waals surface area contributed by atoms with E-state index in [2.05, 4.69) is 5.32 Å². The van der Waals surface area contributed by atoms with Crippen LogP contribution in [0.5, 0.6) is 0 Å². The van der Waals surface area contributed by atoms with Crippen molar-refractivity contribution in [3.63, 3.8) is 0 Å². The molecule has 13 heteroatoms. The number of anilines is 2. The van der Waals surface area contributed by atoms with Crippen molar-refractivity contribution in [1.82, 2.24) is 5.32 Å². The lowest BCUT2D eigenvalue weighted by Crippen LogP contribution is -2.44. The Kier molecular flexibility index (Phi) is 11.7. The normalized spacial score (nSPS) is 10.5. The van der Waals surface area contributed by atoms with E-state index in [1.807, 2.05) is 12.2 Å². The Morgan fingerprint density at radius 3 is 1.87 bits per heavy atom. The lowest BCUT2D eigenvalue weighted by atomic mass is 10.2. The molecule has 210 valence electrons. The molecule has 0 fully saturated rings. The molecule has 0 saturated heterocycles. The molecule has 0 atom stereocenters. The van der Waals surface area contributed by atoms with Crippen LogP contribution in [0.2, 0.25) is 20.1 Å². The van der Waals surface area contributed by atoms with Crippen molar-refractivity contribution in [3.8, 4) is 0 Å². The van der Waals surface area contributed by atoms with E-state index in [9.17, 15) is 27.2 Å². The second-order valence-corrected chi connectivity index (χ2v) is 9.49. The predicted molar refractivity (Wildman–Crippen MR) is 149 cm³/mol. The van der Waals surface area contributed by atoms with Crippen LogP contribution in [0.1, 0.15) is 35.3 Å². The number of carbonyl (C=O) groups excluding carboxylic acids is 2. The SMILES string of the molecule is CCN(C(=O)NC(=O)c1c(F)cccc1F)c1cc(Cl)c(C)c(Cl)c1F.CCNc1cc(Cl)c(C)c(Cl)c1F. The van der Waals surface area contributed by atoms with E-state index in [0.717, 1.165) is 23.1 Å². The fourth-order valence-corrected chi connectivity index (χ4v) is 4.14. The highest BCUT2D eigenvalue weighted by atomic mass is 35.5. The van der Waals surface area contributed by atoms with Crippen LogP contribution in [0.4, 0.5) is 33.7 Å². The zero-order chi connectivity index (χ0) is 29.6. The molecule has 0 heterocycles. The molecule has 3 aromatic carbocycles. The number of benzene rings is 3. The molecule has 5 nitrogen and oxygen atoms in total. The molecule has 0 radical (unpaired) electrons. The number of nitrogens with one attached hydrogen (secondary N) is 2. The largest absolute Gasteiger partial charge is 0.383 e. The number of hydrogen-bond acceptors (Lipinski definition) is 3. The van der Waals surface area contributed by atoms with E-state index in [-0.39, 0.29) is 32.9 Å². The van der Waals surface area contributed by atoms with Crippen LogP contribution in [0.3, 0.4) is 0 Å². The van der Waals surface area contributed by atoms with Gasteiger partial charge in [0.25, 0.3) is 5.91 Å². The van der Waals surface area contributed by atoms with Crippen molar-refractivity contribution >= 4 is 69.7 Å². The van der Waals surface area contributed by atoms with Gasteiger partial charge in [0, 0.05) is 23.1 Å². The van der Waals surface area contributed by atoms with E-state index in [0.29, 0.717) is 22.8 Å².